The molecule has 1 aromatic rings. The first-order valence-electron chi connectivity index (χ1n) is 5.84. The zero-order chi connectivity index (χ0) is 16.3. The van der Waals surface area contributed by atoms with E-state index in [1.807, 2.05) is 0 Å². The van der Waals surface area contributed by atoms with Gasteiger partial charge < -0.3 is 5.11 Å². The summed E-state index contributed by atoms with van der Waals surface area (Å²) in [5.74, 6) is -1.76. The van der Waals surface area contributed by atoms with Gasteiger partial charge in [0.1, 0.15) is 0 Å². The van der Waals surface area contributed by atoms with Gasteiger partial charge in [0.2, 0.25) is 10.0 Å². The Kier molecular flexibility index (Phi) is 5.35. The van der Waals surface area contributed by atoms with Gasteiger partial charge >= 0.3 is 12.1 Å². The van der Waals surface area contributed by atoms with Crippen LogP contribution in [0.4, 0.5) is 13.2 Å². The van der Waals surface area contributed by atoms with E-state index < -0.39 is 40.9 Å². The van der Waals surface area contributed by atoms with Crippen LogP contribution in [0.15, 0.2) is 24.3 Å². The average Bonchev–Trinajstić information content (AvgIpc) is 2.34. The molecule has 0 spiro atoms. The summed E-state index contributed by atoms with van der Waals surface area (Å²) < 4.78 is 60.7. The van der Waals surface area contributed by atoms with Crippen molar-refractivity contribution in [2.45, 2.75) is 18.3 Å². The van der Waals surface area contributed by atoms with Crippen molar-refractivity contribution in [1.29, 1.82) is 0 Å². The Balaban J connectivity index is 2.80. The number of carbonyl (C=O) groups is 1. The Morgan fingerprint density at radius 1 is 1.33 bits per heavy atom. The van der Waals surface area contributed by atoms with Gasteiger partial charge in [-0.3, -0.25) is 0 Å². The van der Waals surface area contributed by atoms with Gasteiger partial charge in [-0.25, -0.2) is 17.5 Å². The van der Waals surface area contributed by atoms with Crippen LogP contribution >= 0.6 is 0 Å². The highest BCUT2D eigenvalue weighted by Crippen LogP contribution is 2.21. The molecular weight excluding hydrogens is 311 g/mol. The van der Waals surface area contributed by atoms with Crippen LogP contribution in [0.1, 0.15) is 22.3 Å². The van der Waals surface area contributed by atoms with Gasteiger partial charge in [-0.15, -0.1) is 0 Å². The molecule has 9 heteroatoms. The highest BCUT2D eigenvalue weighted by molar-refractivity contribution is 7.88. The highest BCUT2D eigenvalue weighted by Gasteiger charge is 2.29. The normalized spacial score (nSPS) is 12.6. The van der Waals surface area contributed by atoms with Crippen molar-refractivity contribution in [3.05, 3.63) is 35.4 Å². The lowest BCUT2D eigenvalue weighted by Crippen LogP contribution is -2.31. The molecule has 0 fully saturated rings. The van der Waals surface area contributed by atoms with Gasteiger partial charge in [0.25, 0.3) is 0 Å². The Morgan fingerprint density at radius 3 is 2.48 bits per heavy atom. The lowest BCUT2D eigenvalue weighted by molar-refractivity contribution is -0.135. The molecule has 5 nitrogen and oxygen atoms in total. The summed E-state index contributed by atoms with van der Waals surface area (Å²) in [6.07, 6.45) is -5.68. The molecule has 0 saturated carbocycles. The monoisotopic (exact) mass is 325 g/mol. The number of alkyl halides is 3. The summed E-state index contributed by atoms with van der Waals surface area (Å²) in [4.78, 5) is 10.8. The Bertz CT molecular complexity index is 613. The van der Waals surface area contributed by atoms with Gasteiger partial charge in [0.05, 0.1) is 17.7 Å². The molecule has 0 aromatic heterocycles. The largest absolute Gasteiger partial charge is 0.478 e. The van der Waals surface area contributed by atoms with E-state index >= 15 is 0 Å². The molecule has 0 aliphatic carbocycles. The highest BCUT2D eigenvalue weighted by atomic mass is 32.2. The second-order valence-corrected chi connectivity index (χ2v) is 6.52. The molecule has 1 aromatic carbocycles. The minimum Gasteiger partial charge on any atom is -0.478 e. The molecule has 0 heterocycles. The van der Waals surface area contributed by atoms with Crippen LogP contribution in [0, 0.1) is 0 Å². The van der Waals surface area contributed by atoms with Gasteiger partial charge in [0, 0.05) is 13.6 Å². The maximum absolute atomic E-state index is 12.1. The molecule has 0 aliphatic heterocycles. The van der Waals surface area contributed by atoms with E-state index in [1.54, 1.807) is 0 Å². The van der Waals surface area contributed by atoms with Crippen LogP contribution in [0.5, 0.6) is 0 Å². The summed E-state index contributed by atoms with van der Waals surface area (Å²) in [6.45, 7) is -0.676. The van der Waals surface area contributed by atoms with Crippen LogP contribution in [-0.2, 0) is 15.8 Å². The first kappa shape index (κ1) is 17.4. The Labute approximate surface area is 120 Å². The molecular formula is C12H14F3NO4S. The van der Waals surface area contributed by atoms with Crippen molar-refractivity contribution >= 4 is 16.0 Å². The van der Waals surface area contributed by atoms with Gasteiger partial charge in [-0.2, -0.15) is 13.2 Å². The zero-order valence-electron chi connectivity index (χ0n) is 11.1. The maximum atomic E-state index is 12.1. The van der Waals surface area contributed by atoms with Gasteiger partial charge in [-0.05, 0) is 17.7 Å². The van der Waals surface area contributed by atoms with Gasteiger partial charge in [-0.1, -0.05) is 12.1 Å². The van der Waals surface area contributed by atoms with Crippen molar-refractivity contribution in [3.63, 3.8) is 0 Å². The zero-order valence-corrected chi connectivity index (χ0v) is 11.9. The standard InChI is InChI=1S/C12H14F3NO4S/c1-16(6-5-12(13,14)15)21(19,20)8-9-3-2-4-10(7-9)11(17)18/h2-4,7H,5-6,8H2,1H3,(H,17,18). The van der Waals surface area contributed by atoms with Crippen molar-refractivity contribution in [2.75, 3.05) is 13.6 Å². The third kappa shape index (κ3) is 5.72. The second kappa shape index (κ2) is 6.44. The lowest BCUT2D eigenvalue weighted by atomic mass is 10.1. The quantitative estimate of drug-likeness (QED) is 0.869. The first-order chi connectivity index (χ1) is 9.51. The van der Waals surface area contributed by atoms with E-state index in [1.165, 1.54) is 24.3 Å². The average molecular weight is 325 g/mol. The maximum Gasteiger partial charge on any atom is 0.390 e. The fourth-order valence-electron chi connectivity index (χ4n) is 1.54. The third-order valence-electron chi connectivity index (χ3n) is 2.71. The topological polar surface area (TPSA) is 74.7 Å². The first-order valence-corrected chi connectivity index (χ1v) is 7.45. The molecule has 0 saturated heterocycles. The van der Waals surface area contributed by atoms with Crippen molar-refractivity contribution in [3.8, 4) is 0 Å². The minimum absolute atomic E-state index is 0.0827. The van der Waals surface area contributed by atoms with Crippen LogP contribution in [0.3, 0.4) is 0 Å². The molecule has 1 N–H and O–H groups in total. The van der Waals surface area contributed by atoms with Crippen molar-refractivity contribution < 1.29 is 31.5 Å². The molecule has 0 amide bonds. The predicted molar refractivity (Wildman–Crippen MR) is 69.3 cm³/mol. The smallest absolute Gasteiger partial charge is 0.390 e. The fraction of sp³-hybridized carbons (Fsp3) is 0.417. The van der Waals surface area contributed by atoms with E-state index in [4.69, 9.17) is 5.11 Å². The van der Waals surface area contributed by atoms with E-state index in [9.17, 15) is 26.4 Å². The number of hydrogen-bond donors (Lipinski definition) is 1. The number of nitrogens with zero attached hydrogens (tertiary/aromatic N) is 1. The molecule has 0 atom stereocenters. The van der Waals surface area contributed by atoms with Crippen molar-refractivity contribution in [1.82, 2.24) is 4.31 Å². The van der Waals surface area contributed by atoms with Crippen LogP contribution in [-0.4, -0.2) is 43.6 Å². The van der Waals surface area contributed by atoms with E-state index in [0.29, 0.717) is 4.31 Å². The van der Waals surface area contributed by atoms with Crippen LogP contribution in [0.2, 0.25) is 0 Å². The summed E-state index contributed by atoms with van der Waals surface area (Å²) in [5.41, 5.74) is 0.120. The molecule has 1 rings (SSSR count). The summed E-state index contributed by atoms with van der Waals surface area (Å²) >= 11 is 0. The molecule has 0 unspecified atom stereocenters. The Morgan fingerprint density at radius 2 is 1.95 bits per heavy atom. The number of benzene rings is 1. The van der Waals surface area contributed by atoms with Crippen LogP contribution in [0.25, 0.3) is 0 Å². The Hall–Kier alpha value is -1.61. The van der Waals surface area contributed by atoms with E-state index in [0.717, 1.165) is 7.05 Å². The number of carboxylic acids is 1. The minimum atomic E-state index is -4.44. The molecule has 0 radical (unpaired) electrons. The van der Waals surface area contributed by atoms with Crippen molar-refractivity contribution in [2.24, 2.45) is 0 Å². The van der Waals surface area contributed by atoms with E-state index in [-0.39, 0.29) is 11.1 Å². The number of aromatic carboxylic acids is 1. The van der Waals surface area contributed by atoms with Gasteiger partial charge in [0.15, 0.2) is 0 Å². The number of rotatable bonds is 6. The number of hydrogen-bond acceptors (Lipinski definition) is 3. The number of carboxylic acid groups (broad SMARTS) is 1. The molecule has 0 aliphatic rings. The summed E-state index contributed by atoms with van der Waals surface area (Å²) in [6, 6.07) is 5.26. The second-order valence-electron chi connectivity index (χ2n) is 4.45. The molecule has 118 valence electrons. The number of sulfonamides is 1. The molecule has 0 bridgehead atoms. The SMILES string of the molecule is CN(CCC(F)(F)F)S(=O)(=O)Cc1cccc(C(=O)O)c1. The summed E-state index contributed by atoms with van der Waals surface area (Å²) in [7, 11) is -2.88. The lowest BCUT2D eigenvalue weighted by Gasteiger charge is -2.18. The van der Waals surface area contributed by atoms with E-state index in [2.05, 4.69) is 0 Å². The number of halogens is 3. The molecule has 21 heavy (non-hydrogen) atoms. The summed E-state index contributed by atoms with van der Waals surface area (Å²) in [5, 5.41) is 8.81. The van der Waals surface area contributed by atoms with Crippen LogP contribution < -0.4 is 0 Å². The predicted octanol–water partition coefficient (Wildman–Crippen LogP) is 2.10. The third-order valence-corrected chi connectivity index (χ3v) is 4.54. The fourth-order valence-corrected chi connectivity index (χ4v) is 2.73.